The Balaban J connectivity index is 0.914. The molecule has 288 valence electrons. The monoisotopic (exact) mass is 786 g/mol. The molecule has 3 aromatic carbocycles. The molecule has 5 heterocycles. The maximum Gasteiger partial charge on any atom is 0.418 e. The fourth-order valence-corrected chi connectivity index (χ4v) is 7.82. The van der Waals surface area contributed by atoms with Crippen molar-refractivity contribution in [3.05, 3.63) is 117 Å². The van der Waals surface area contributed by atoms with Gasteiger partial charge in [0.2, 0.25) is 11.8 Å². The summed E-state index contributed by atoms with van der Waals surface area (Å²) in [4.78, 5) is 38.0. The molecule has 1 saturated carbocycles. The van der Waals surface area contributed by atoms with E-state index in [1.54, 1.807) is 36.4 Å². The van der Waals surface area contributed by atoms with Gasteiger partial charge in [0.15, 0.2) is 0 Å². The number of carbonyl (C=O) groups is 2. The molecule has 4 aliphatic rings. The van der Waals surface area contributed by atoms with E-state index in [-0.39, 0.29) is 35.2 Å². The normalized spacial score (nSPS) is 18.7. The minimum atomic E-state index is -4.73. The summed E-state index contributed by atoms with van der Waals surface area (Å²) in [6.07, 6.45) is -0.00235. The van der Waals surface area contributed by atoms with E-state index in [2.05, 4.69) is 31.2 Å². The number of benzene rings is 3. The Morgan fingerprint density at radius 1 is 1.09 bits per heavy atom. The quantitative estimate of drug-likeness (QED) is 0.138. The van der Waals surface area contributed by atoms with Crippen LogP contribution in [0.2, 0.25) is 5.02 Å². The lowest BCUT2D eigenvalue weighted by molar-refractivity contribution is -0.136. The number of nitrogens with one attached hydrogen (secondary N) is 2. The van der Waals surface area contributed by atoms with E-state index in [4.69, 9.17) is 26.1 Å². The second-order valence-corrected chi connectivity index (χ2v) is 15.1. The molecule has 2 aromatic heterocycles. The molecule has 9 rings (SSSR count). The molecule has 0 bridgehead atoms. The maximum atomic E-state index is 14.2. The molecule has 1 atom stereocenters. The number of aromatic nitrogens is 3. The lowest BCUT2D eigenvalue weighted by Crippen LogP contribution is -2.33. The predicted molar refractivity (Wildman–Crippen MR) is 201 cm³/mol. The summed E-state index contributed by atoms with van der Waals surface area (Å²) in [5.74, 6) is -0.281. The van der Waals surface area contributed by atoms with Gasteiger partial charge in [0, 0.05) is 47.6 Å². The highest BCUT2D eigenvalue weighted by Crippen LogP contribution is 2.58. The van der Waals surface area contributed by atoms with Crippen LogP contribution < -0.4 is 15.4 Å². The van der Waals surface area contributed by atoms with E-state index in [9.17, 15) is 27.2 Å². The number of fused-ring (bicyclic) bond motifs is 3. The van der Waals surface area contributed by atoms with Crippen molar-refractivity contribution in [1.29, 1.82) is 0 Å². The van der Waals surface area contributed by atoms with Crippen molar-refractivity contribution >= 4 is 51.4 Å². The van der Waals surface area contributed by atoms with E-state index in [1.165, 1.54) is 12.1 Å². The highest BCUT2D eigenvalue weighted by Gasteiger charge is 2.58. The Labute approximate surface area is 323 Å². The largest absolute Gasteiger partial charge is 0.473 e. The Hall–Kier alpha value is -5.31. The topological polar surface area (TPSA) is 111 Å². The average molecular weight is 787 g/mol. The zero-order valence-corrected chi connectivity index (χ0v) is 30.6. The van der Waals surface area contributed by atoms with Gasteiger partial charge in [0.25, 0.3) is 5.91 Å². The highest BCUT2D eigenvalue weighted by atomic mass is 35.5. The lowest BCUT2D eigenvalue weighted by Gasteiger charge is -2.29. The van der Waals surface area contributed by atoms with Gasteiger partial charge in [0.1, 0.15) is 18.2 Å². The van der Waals surface area contributed by atoms with Gasteiger partial charge in [-0.25, -0.2) is 14.4 Å². The minimum absolute atomic E-state index is 0.0183. The number of anilines is 2. The fraction of sp³-hybridized carbons (Fsp3) is 0.317. The minimum Gasteiger partial charge on any atom is -0.473 e. The van der Waals surface area contributed by atoms with E-state index in [1.807, 2.05) is 12.1 Å². The Kier molecular flexibility index (Phi) is 9.09. The molecule has 2 amide bonds. The molecule has 3 aliphatic heterocycles. The van der Waals surface area contributed by atoms with Crippen LogP contribution in [-0.4, -0.2) is 57.0 Å². The van der Waals surface area contributed by atoms with Crippen molar-refractivity contribution in [2.24, 2.45) is 0 Å². The number of halogens is 5. The predicted octanol–water partition coefficient (Wildman–Crippen LogP) is 8.14. The van der Waals surface area contributed by atoms with E-state index in [0.29, 0.717) is 61.1 Å². The summed E-state index contributed by atoms with van der Waals surface area (Å²) in [7, 11) is 0. The summed E-state index contributed by atoms with van der Waals surface area (Å²) in [5.41, 5.74) is 1.92. The summed E-state index contributed by atoms with van der Waals surface area (Å²) in [6, 6.07) is 17.4. The SMILES string of the molecule is O=C(Nc1cc(C(F)(F)F)c2c(c1)C1(CC1)C(=O)N2)c1ccc2c(c1)nc(CN1CC=C(c3cccc(OCc4ccc(Cl)cc4F)n3)CC1)n2C[C@@H]1CCO1. The first kappa shape index (κ1) is 36.3. The first-order valence-corrected chi connectivity index (χ1v) is 18.8. The number of carbonyl (C=O) groups excluding carboxylic acids is 2. The fourth-order valence-electron chi connectivity index (χ4n) is 7.66. The summed E-state index contributed by atoms with van der Waals surface area (Å²) >= 11 is 5.87. The van der Waals surface area contributed by atoms with Crippen molar-refractivity contribution in [1.82, 2.24) is 19.4 Å². The van der Waals surface area contributed by atoms with Gasteiger partial charge in [-0.2, -0.15) is 13.2 Å². The van der Waals surface area contributed by atoms with Gasteiger partial charge in [-0.05, 0) is 85.4 Å². The molecule has 10 nitrogen and oxygen atoms in total. The summed E-state index contributed by atoms with van der Waals surface area (Å²) in [5, 5.41) is 5.38. The molecule has 1 aliphatic carbocycles. The van der Waals surface area contributed by atoms with Gasteiger partial charge >= 0.3 is 6.18 Å². The van der Waals surface area contributed by atoms with Crippen molar-refractivity contribution in [2.45, 2.75) is 63.1 Å². The molecule has 1 spiro atoms. The Morgan fingerprint density at radius 2 is 1.93 bits per heavy atom. The average Bonchev–Trinajstić information content (AvgIpc) is 3.83. The van der Waals surface area contributed by atoms with Crippen LogP contribution in [0.1, 0.15) is 64.2 Å². The van der Waals surface area contributed by atoms with Crippen LogP contribution >= 0.6 is 11.6 Å². The van der Waals surface area contributed by atoms with Crippen LogP contribution in [-0.2, 0) is 40.8 Å². The van der Waals surface area contributed by atoms with Crippen LogP contribution in [0.3, 0.4) is 0 Å². The molecule has 2 fully saturated rings. The second-order valence-electron chi connectivity index (χ2n) is 14.7. The summed E-state index contributed by atoms with van der Waals surface area (Å²) in [6.45, 7) is 3.20. The zero-order valence-electron chi connectivity index (χ0n) is 29.9. The van der Waals surface area contributed by atoms with E-state index >= 15 is 0 Å². The molecule has 1 saturated heterocycles. The van der Waals surface area contributed by atoms with Gasteiger partial charge in [0.05, 0.1) is 52.6 Å². The molecular formula is C41H35ClF4N6O4. The van der Waals surface area contributed by atoms with Crippen molar-refractivity contribution in [3.8, 4) is 5.88 Å². The molecular weight excluding hydrogens is 752 g/mol. The molecule has 2 N–H and O–H groups in total. The first-order valence-electron chi connectivity index (χ1n) is 18.4. The van der Waals surface area contributed by atoms with Gasteiger partial charge < -0.3 is 24.7 Å². The third-order valence-electron chi connectivity index (χ3n) is 11.0. The summed E-state index contributed by atoms with van der Waals surface area (Å²) < 4.78 is 70.2. The number of imidazole rings is 1. The third kappa shape index (κ3) is 6.90. The maximum absolute atomic E-state index is 14.2. The number of alkyl halides is 3. The van der Waals surface area contributed by atoms with Gasteiger partial charge in [-0.1, -0.05) is 29.8 Å². The number of amides is 2. The van der Waals surface area contributed by atoms with E-state index < -0.39 is 34.8 Å². The van der Waals surface area contributed by atoms with Crippen molar-refractivity contribution in [2.75, 3.05) is 30.3 Å². The van der Waals surface area contributed by atoms with E-state index in [0.717, 1.165) is 48.1 Å². The number of pyridine rings is 1. The Morgan fingerprint density at radius 3 is 2.64 bits per heavy atom. The number of rotatable bonds is 10. The molecule has 15 heteroatoms. The molecule has 0 radical (unpaired) electrons. The van der Waals surface area contributed by atoms with Crippen LogP contribution in [0.4, 0.5) is 28.9 Å². The zero-order chi connectivity index (χ0) is 38.8. The van der Waals surface area contributed by atoms with Crippen molar-refractivity contribution in [3.63, 3.8) is 0 Å². The number of ether oxygens (including phenoxy) is 2. The molecule has 5 aromatic rings. The second kappa shape index (κ2) is 14.0. The van der Waals surface area contributed by atoms with Crippen LogP contribution in [0.5, 0.6) is 5.88 Å². The highest BCUT2D eigenvalue weighted by molar-refractivity contribution is 6.30. The van der Waals surface area contributed by atoms with Crippen molar-refractivity contribution < 1.29 is 36.6 Å². The molecule has 56 heavy (non-hydrogen) atoms. The smallest absolute Gasteiger partial charge is 0.418 e. The first-order chi connectivity index (χ1) is 26.9. The third-order valence-corrected chi connectivity index (χ3v) is 11.2. The van der Waals surface area contributed by atoms with Crippen LogP contribution in [0.15, 0.2) is 72.8 Å². The Bertz CT molecular complexity index is 2440. The van der Waals surface area contributed by atoms with Gasteiger partial charge in [-0.15, -0.1) is 0 Å². The number of hydrogen-bond acceptors (Lipinski definition) is 7. The lowest BCUT2D eigenvalue weighted by atomic mass is 9.94. The standard InChI is InChI=1S/C41H35ClF4N6O4/c42-26-6-4-25(31(43)17-26)22-56-36-3-1-2-32(49-36)23-8-13-51(14-9-23)21-35-48-33-16-24(5-7-34(33)52(35)20-28-10-15-55-28)38(53)47-27-18-29-37(30(19-27)41(44,45)46)50-39(54)40(29)11-12-40/h1-8,16-19,28H,9-15,20-22H2,(H,47,53)(H,50,54)/t28-/m0/s1. The number of hydrogen-bond donors (Lipinski definition) is 2. The van der Waals surface area contributed by atoms with Crippen LogP contribution in [0, 0.1) is 5.82 Å². The number of nitrogens with zero attached hydrogens (tertiary/aromatic N) is 4. The van der Waals surface area contributed by atoms with Crippen LogP contribution in [0.25, 0.3) is 16.6 Å². The molecule has 0 unspecified atom stereocenters. The van der Waals surface area contributed by atoms with Gasteiger partial charge in [-0.3, -0.25) is 14.5 Å².